The maximum atomic E-state index is 10.9. The molecule has 0 radical (unpaired) electrons. The second-order valence-electron chi connectivity index (χ2n) is 3.89. The second-order valence-corrected chi connectivity index (χ2v) is 6.72. The molecular formula is C5H16NO7P2+. The largest absolute Gasteiger partial charge is 0.481 e. The van der Waals surface area contributed by atoms with Gasteiger partial charge in [-0.2, -0.15) is 4.31 Å². The molecule has 0 heterocycles. The van der Waals surface area contributed by atoms with E-state index in [1.54, 1.807) is 0 Å². The van der Waals surface area contributed by atoms with Crippen molar-refractivity contribution in [2.24, 2.45) is 0 Å². The average molecular weight is 265 g/mol. The van der Waals surface area contributed by atoms with Crippen LogP contribution < -0.4 is 0 Å². The summed E-state index contributed by atoms with van der Waals surface area (Å²) >= 11 is 0. The summed E-state index contributed by atoms with van der Waals surface area (Å²) in [7, 11) is -4.20. The van der Waals surface area contributed by atoms with Gasteiger partial charge in [-0.15, -0.1) is 0 Å². The van der Waals surface area contributed by atoms with Crippen LogP contribution in [0.5, 0.6) is 0 Å². The van der Waals surface area contributed by atoms with Crippen molar-refractivity contribution in [1.29, 1.82) is 0 Å². The van der Waals surface area contributed by atoms with E-state index in [4.69, 9.17) is 14.7 Å². The Kier molecular flexibility index (Phi) is 5.11. The Morgan fingerprint density at radius 2 is 1.60 bits per heavy atom. The van der Waals surface area contributed by atoms with Gasteiger partial charge >= 0.3 is 15.6 Å². The Hall–Kier alpha value is 0.220. The molecule has 0 aromatic carbocycles. The zero-order valence-corrected chi connectivity index (χ0v) is 10.5. The van der Waals surface area contributed by atoms with Crippen molar-refractivity contribution in [3.63, 3.8) is 0 Å². The van der Waals surface area contributed by atoms with Gasteiger partial charge in [-0.3, -0.25) is 4.52 Å². The van der Waals surface area contributed by atoms with Crippen LogP contribution in [0.1, 0.15) is 0 Å². The first kappa shape index (κ1) is 15.2. The summed E-state index contributed by atoms with van der Waals surface area (Å²) < 4.78 is 29.6. The van der Waals surface area contributed by atoms with Crippen LogP contribution >= 0.6 is 15.6 Å². The van der Waals surface area contributed by atoms with Crippen molar-refractivity contribution in [2.75, 3.05) is 34.3 Å². The van der Waals surface area contributed by atoms with Crippen molar-refractivity contribution in [1.82, 2.24) is 0 Å². The van der Waals surface area contributed by atoms with Gasteiger partial charge < -0.3 is 19.2 Å². The van der Waals surface area contributed by atoms with Crippen LogP contribution in [0.2, 0.25) is 0 Å². The molecule has 0 spiro atoms. The highest BCUT2D eigenvalue weighted by atomic mass is 32.2. The maximum absolute atomic E-state index is 10.9. The summed E-state index contributed by atoms with van der Waals surface area (Å²) in [5.74, 6) is 0. The van der Waals surface area contributed by atoms with E-state index in [1.165, 1.54) is 0 Å². The summed E-state index contributed by atoms with van der Waals surface area (Å²) in [6, 6.07) is 0. The predicted octanol–water partition coefficient (Wildman–Crippen LogP) is -0.0811. The minimum absolute atomic E-state index is 0.142. The fourth-order valence-electron chi connectivity index (χ4n) is 0.588. The first-order chi connectivity index (χ1) is 6.41. The van der Waals surface area contributed by atoms with E-state index in [0.717, 1.165) is 0 Å². The fraction of sp³-hybridized carbons (Fsp3) is 1.00. The highest BCUT2D eigenvalue weighted by Crippen LogP contribution is 2.57. The molecule has 1 atom stereocenters. The molecule has 0 saturated heterocycles. The average Bonchev–Trinajstić information content (AvgIpc) is 1.75. The molecule has 0 aromatic heterocycles. The number of quaternary nitrogens is 1. The SMILES string of the molecule is C[N+](C)(C)CCO[32P](=O)(O)OP(=O)(O)O. The Morgan fingerprint density at radius 1 is 1.13 bits per heavy atom. The van der Waals surface area contributed by atoms with Crippen LogP contribution in [0.4, 0.5) is 0 Å². The number of phosphoric ester groups is 1. The number of likely N-dealkylation sites (N-methyl/N-ethyl adjacent to an activating group) is 1. The van der Waals surface area contributed by atoms with Gasteiger partial charge in [-0.1, -0.05) is 0 Å². The quantitative estimate of drug-likeness (QED) is 0.454. The molecule has 0 saturated carbocycles. The Balaban J connectivity index is 4.07. The Labute approximate surface area is 87.9 Å². The third-order valence-corrected chi connectivity index (χ3v) is 3.41. The minimum atomic E-state index is -5.01. The first-order valence-corrected chi connectivity index (χ1v) is 6.99. The molecular weight excluding hydrogens is 249 g/mol. The van der Waals surface area contributed by atoms with E-state index in [-0.39, 0.29) is 6.61 Å². The lowest BCUT2D eigenvalue weighted by atomic mass is 10.5. The summed E-state index contributed by atoms with van der Waals surface area (Å²) in [5, 5.41) is 0. The third-order valence-electron chi connectivity index (χ3n) is 1.23. The molecule has 0 aliphatic carbocycles. The number of hydrogen-bond donors (Lipinski definition) is 3. The lowest BCUT2D eigenvalue weighted by molar-refractivity contribution is -0.870. The molecule has 3 N–H and O–H groups in total. The van der Waals surface area contributed by atoms with Crippen LogP contribution in [-0.2, 0) is 18.0 Å². The summed E-state index contributed by atoms with van der Waals surface area (Å²) in [6.07, 6.45) is 0. The number of nitrogens with zero attached hydrogens (tertiary/aromatic N) is 1. The number of phosphoric acid groups is 2. The lowest BCUT2D eigenvalue weighted by Crippen LogP contribution is -2.37. The highest BCUT2D eigenvalue weighted by molar-refractivity contribution is 7.60. The second kappa shape index (κ2) is 5.03. The maximum Gasteiger partial charge on any atom is 0.481 e. The summed E-state index contributed by atoms with van der Waals surface area (Å²) in [5.41, 5.74) is 0. The van der Waals surface area contributed by atoms with Gasteiger partial charge in [0.1, 0.15) is 13.2 Å². The van der Waals surface area contributed by atoms with E-state index in [0.29, 0.717) is 11.0 Å². The van der Waals surface area contributed by atoms with E-state index in [1.807, 2.05) is 21.1 Å². The van der Waals surface area contributed by atoms with Crippen LogP contribution in [0.25, 0.3) is 0 Å². The molecule has 92 valence electrons. The normalized spacial score (nSPS) is 17.5. The van der Waals surface area contributed by atoms with Gasteiger partial charge in [0.2, 0.25) is 0 Å². The van der Waals surface area contributed by atoms with Crippen molar-refractivity contribution in [2.45, 2.75) is 0 Å². The van der Waals surface area contributed by atoms with Crippen molar-refractivity contribution in [3.05, 3.63) is 0 Å². The van der Waals surface area contributed by atoms with Crippen LogP contribution in [-0.4, -0.2) is 53.5 Å². The van der Waals surface area contributed by atoms with Gasteiger partial charge in [0.15, 0.2) is 0 Å². The number of hydrogen-bond acceptors (Lipinski definition) is 4. The van der Waals surface area contributed by atoms with Gasteiger partial charge in [-0.05, 0) is 0 Å². The van der Waals surface area contributed by atoms with E-state index in [2.05, 4.69) is 8.83 Å². The Bertz CT molecular complexity index is 292. The van der Waals surface area contributed by atoms with Crippen LogP contribution in [0.15, 0.2) is 0 Å². The molecule has 8 nitrogen and oxygen atoms in total. The van der Waals surface area contributed by atoms with Gasteiger partial charge in [0.25, 0.3) is 0 Å². The smallest absolute Gasteiger partial charge is 0.329 e. The molecule has 0 bridgehead atoms. The summed E-state index contributed by atoms with van der Waals surface area (Å²) in [6.45, 7) is 0.256. The van der Waals surface area contributed by atoms with E-state index in [9.17, 15) is 9.13 Å². The van der Waals surface area contributed by atoms with Gasteiger partial charge in [0, 0.05) is 0 Å². The van der Waals surface area contributed by atoms with E-state index >= 15 is 0 Å². The third kappa shape index (κ3) is 10.5. The molecule has 0 aliphatic heterocycles. The molecule has 1 unspecified atom stereocenters. The topological polar surface area (TPSA) is 113 Å². The molecule has 10 heteroatoms. The highest BCUT2D eigenvalue weighted by Gasteiger charge is 2.32. The lowest BCUT2D eigenvalue weighted by Gasteiger charge is -2.23. The zero-order valence-electron chi connectivity index (χ0n) is 8.73. The van der Waals surface area contributed by atoms with Crippen molar-refractivity contribution in [3.8, 4) is 0 Å². The minimum Gasteiger partial charge on any atom is -0.329 e. The molecule has 0 fully saturated rings. The number of rotatable bonds is 6. The van der Waals surface area contributed by atoms with Crippen LogP contribution in [0.3, 0.4) is 0 Å². The molecule has 15 heavy (non-hydrogen) atoms. The fourth-order valence-corrected chi connectivity index (χ4v) is 2.16. The molecule has 0 rings (SSSR count). The molecule has 0 aliphatic rings. The summed E-state index contributed by atoms with van der Waals surface area (Å²) in [4.78, 5) is 25.4. The zero-order chi connectivity index (χ0) is 12.3. The van der Waals surface area contributed by atoms with Gasteiger partial charge in [-0.25, -0.2) is 9.13 Å². The van der Waals surface area contributed by atoms with E-state index < -0.39 is 15.6 Å². The Morgan fingerprint density at radius 3 is 1.93 bits per heavy atom. The predicted molar refractivity (Wildman–Crippen MR) is 51.8 cm³/mol. The van der Waals surface area contributed by atoms with Crippen molar-refractivity contribution < 1.29 is 37.1 Å². The standard InChI is InChI=1S/C5H15NO7P2/c1-6(2,3)4-5-12-15(10,11)13-14(7,8)9/h4-5H2,1-3H3,(H2-,7,8,9,10,11)/p+1/i15+1. The van der Waals surface area contributed by atoms with Gasteiger partial charge in [0.05, 0.1) is 21.1 Å². The monoisotopic (exact) mass is 265 g/mol. The van der Waals surface area contributed by atoms with Crippen molar-refractivity contribution >= 4 is 15.6 Å². The van der Waals surface area contributed by atoms with Crippen LogP contribution in [0, 0.1) is 0 Å². The molecule has 0 aromatic rings. The first-order valence-electron chi connectivity index (χ1n) is 3.96. The molecule has 0 amide bonds.